The van der Waals surface area contributed by atoms with Gasteiger partial charge in [-0.2, -0.15) is 4.37 Å². The molecule has 0 spiro atoms. The molecule has 1 heterocycles. The van der Waals surface area contributed by atoms with Crippen molar-refractivity contribution in [2.75, 3.05) is 12.8 Å². The van der Waals surface area contributed by atoms with Crippen LogP contribution in [0.25, 0.3) is 10.4 Å². The Morgan fingerprint density at radius 3 is 2.65 bits per heavy atom. The first-order valence-corrected chi connectivity index (χ1v) is 5.88. The van der Waals surface area contributed by atoms with Crippen LogP contribution in [-0.2, 0) is 4.74 Å². The van der Waals surface area contributed by atoms with Gasteiger partial charge in [0.1, 0.15) is 0 Å². The van der Waals surface area contributed by atoms with Crippen molar-refractivity contribution in [1.29, 1.82) is 0 Å². The molecule has 0 fully saturated rings. The van der Waals surface area contributed by atoms with Gasteiger partial charge in [0, 0.05) is 5.02 Å². The summed E-state index contributed by atoms with van der Waals surface area (Å²) in [6.45, 7) is 0. The molecule has 0 saturated heterocycles. The average Bonchev–Trinajstić information content (AvgIpc) is 2.71. The van der Waals surface area contributed by atoms with Crippen molar-refractivity contribution in [3.8, 4) is 10.4 Å². The standard InChI is InChI=1S/C11H9ClN2O2S/c1-16-11(15)9-8(13)10(17-14-9)6-2-4-7(12)5-3-6/h2-5H,13H2,1H3. The van der Waals surface area contributed by atoms with Crippen LogP contribution in [0.5, 0.6) is 0 Å². The summed E-state index contributed by atoms with van der Waals surface area (Å²) >= 11 is 6.96. The van der Waals surface area contributed by atoms with E-state index in [1.165, 1.54) is 7.11 Å². The first kappa shape index (κ1) is 11.9. The van der Waals surface area contributed by atoms with E-state index >= 15 is 0 Å². The fourth-order valence-electron chi connectivity index (χ4n) is 1.35. The molecule has 4 nitrogen and oxygen atoms in total. The number of aromatic nitrogens is 1. The number of ether oxygens (including phenoxy) is 1. The van der Waals surface area contributed by atoms with Gasteiger partial charge >= 0.3 is 5.97 Å². The Bertz CT molecular complexity index is 551. The molecule has 0 aliphatic rings. The highest BCUT2D eigenvalue weighted by Crippen LogP contribution is 2.33. The number of nitrogen functional groups attached to an aromatic ring is 1. The van der Waals surface area contributed by atoms with E-state index in [0.717, 1.165) is 22.0 Å². The van der Waals surface area contributed by atoms with Crippen LogP contribution in [-0.4, -0.2) is 17.5 Å². The molecular formula is C11H9ClN2O2S. The molecule has 0 bridgehead atoms. The van der Waals surface area contributed by atoms with Gasteiger partial charge in [-0.3, -0.25) is 0 Å². The highest BCUT2D eigenvalue weighted by Gasteiger charge is 2.18. The van der Waals surface area contributed by atoms with Gasteiger partial charge in [-0.1, -0.05) is 23.7 Å². The van der Waals surface area contributed by atoms with Crippen molar-refractivity contribution in [3.05, 3.63) is 35.0 Å². The molecule has 6 heteroatoms. The van der Waals surface area contributed by atoms with Crippen molar-refractivity contribution >= 4 is 34.8 Å². The van der Waals surface area contributed by atoms with E-state index in [1.54, 1.807) is 12.1 Å². The molecule has 0 unspecified atom stereocenters. The average molecular weight is 269 g/mol. The van der Waals surface area contributed by atoms with Gasteiger partial charge in [0.05, 0.1) is 17.7 Å². The van der Waals surface area contributed by atoms with Crippen molar-refractivity contribution < 1.29 is 9.53 Å². The quantitative estimate of drug-likeness (QED) is 0.851. The van der Waals surface area contributed by atoms with Crippen LogP contribution in [0.3, 0.4) is 0 Å². The minimum absolute atomic E-state index is 0.155. The lowest BCUT2D eigenvalue weighted by molar-refractivity contribution is 0.0597. The third-order valence-corrected chi connectivity index (χ3v) is 3.38. The Morgan fingerprint density at radius 2 is 2.06 bits per heavy atom. The fourth-order valence-corrected chi connectivity index (χ4v) is 2.27. The van der Waals surface area contributed by atoms with E-state index in [9.17, 15) is 4.79 Å². The maximum atomic E-state index is 11.4. The third kappa shape index (κ3) is 2.25. The lowest BCUT2D eigenvalue weighted by atomic mass is 10.1. The summed E-state index contributed by atoms with van der Waals surface area (Å²) in [5, 5.41) is 0.644. The summed E-state index contributed by atoms with van der Waals surface area (Å²) in [6, 6.07) is 7.17. The SMILES string of the molecule is COC(=O)c1nsc(-c2ccc(Cl)cc2)c1N. The zero-order valence-corrected chi connectivity index (χ0v) is 10.5. The second kappa shape index (κ2) is 4.73. The van der Waals surface area contributed by atoms with Gasteiger partial charge in [0.15, 0.2) is 5.69 Å². The Morgan fingerprint density at radius 1 is 1.41 bits per heavy atom. The number of carbonyl (C=O) groups is 1. The first-order chi connectivity index (χ1) is 8.13. The van der Waals surface area contributed by atoms with Crippen molar-refractivity contribution in [3.63, 3.8) is 0 Å². The summed E-state index contributed by atoms with van der Waals surface area (Å²) in [7, 11) is 1.29. The molecule has 1 aromatic heterocycles. The maximum Gasteiger partial charge on any atom is 0.359 e. The molecule has 2 aromatic rings. The molecule has 0 aliphatic carbocycles. The molecular weight excluding hydrogens is 260 g/mol. The van der Waals surface area contributed by atoms with Crippen molar-refractivity contribution in [2.24, 2.45) is 0 Å². The lowest BCUT2D eigenvalue weighted by Gasteiger charge is -2.00. The van der Waals surface area contributed by atoms with E-state index in [2.05, 4.69) is 9.11 Å². The third-order valence-electron chi connectivity index (χ3n) is 2.21. The molecule has 0 saturated carbocycles. The summed E-state index contributed by atoms with van der Waals surface area (Å²) in [5.74, 6) is -0.529. The number of rotatable bonds is 2. The number of benzene rings is 1. The minimum Gasteiger partial charge on any atom is -0.464 e. The van der Waals surface area contributed by atoms with Gasteiger partial charge in [-0.05, 0) is 29.2 Å². The van der Waals surface area contributed by atoms with Gasteiger partial charge in [0.2, 0.25) is 0 Å². The molecule has 0 amide bonds. The van der Waals surface area contributed by atoms with Crippen LogP contribution in [0.15, 0.2) is 24.3 Å². The van der Waals surface area contributed by atoms with E-state index in [0.29, 0.717) is 10.7 Å². The molecule has 1 aromatic carbocycles. The smallest absolute Gasteiger partial charge is 0.359 e. The monoisotopic (exact) mass is 268 g/mol. The lowest BCUT2D eigenvalue weighted by Crippen LogP contribution is -2.04. The Balaban J connectivity index is 2.44. The molecule has 2 rings (SSSR count). The molecule has 2 N–H and O–H groups in total. The van der Waals surface area contributed by atoms with E-state index < -0.39 is 5.97 Å². The second-order valence-electron chi connectivity index (χ2n) is 3.27. The van der Waals surface area contributed by atoms with E-state index in [4.69, 9.17) is 17.3 Å². The number of halogens is 1. The van der Waals surface area contributed by atoms with Gasteiger partial charge in [-0.25, -0.2) is 4.79 Å². The predicted molar refractivity (Wildman–Crippen MR) is 68.3 cm³/mol. The number of carbonyl (C=O) groups excluding carboxylic acids is 1. The van der Waals surface area contributed by atoms with Crippen molar-refractivity contribution in [1.82, 2.24) is 4.37 Å². The zero-order valence-electron chi connectivity index (χ0n) is 8.94. The number of esters is 1. The minimum atomic E-state index is -0.529. The molecule has 88 valence electrons. The Labute approximate surface area is 107 Å². The normalized spacial score (nSPS) is 10.2. The van der Waals surface area contributed by atoms with Crippen LogP contribution < -0.4 is 5.73 Å². The van der Waals surface area contributed by atoms with Crippen molar-refractivity contribution in [2.45, 2.75) is 0 Å². The van der Waals surface area contributed by atoms with Crippen LogP contribution in [0.2, 0.25) is 5.02 Å². The van der Waals surface area contributed by atoms with Gasteiger partial charge in [-0.15, -0.1) is 0 Å². The van der Waals surface area contributed by atoms with Gasteiger partial charge < -0.3 is 10.5 Å². The predicted octanol–water partition coefficient (Wildman–Crippen LogP) is 2.83. The Hall–Kier alpha value is -1.59. The molecule has 0 aliphatic heterocycles. The highest BCUT2D eigenvalue weighted by atomic mass is 35.5. The van der Waals surface area contributed by atoms with Gasteiger partial charge in [0.25, 0.3) is 0 Å². The van der Waals surface area contributed by atoms with Crippen LogP contribution in [0.1, 0.15) is 10.5 Å². The molecule has 0 radical (unpaired) electrons. The number of methoxy groups -OCH3 is 1. The number of hydrogen-bond donors (Lipinski definition) is 1. The number of hydrogen-bond acceptors (Lipinski definition) is 5. The fraction of sp³-hybridized carbons (Fsp3) is 0.0909. The van der Waals surface area contributed by atoms with Crippen LogP contribution in [0, 0.1) is 0 Å². The van der Waals surface area contributed by atoms with E-state index in [-0.39, 0.29) is 5.69 Å². The summed E-state index contributed by atoms with van der Waals surface area (Å²) in [5.41, 5.74) is 7.23. The topological polar surface area (TPSA) is 65.2 Å². The van der Waals surface area contributed by atoms with Crippen LogP contribution >= 0.6 is 23.1 Å². The largest absolute Gasteiger partial charge is 0.464 e. The maximum absolute atomic E-state index is 11.4. The number of anilines is 1. The highest BCUT2D eigenvalue weighted by molar-refractivity contribution is 7.10. The number of nitrogens with zero attached hydrogens (tertiary/aromatic N) is 1. The summed E-state index contributed by atoms with van der Waals surface area (Å²) in [6.07, 6.45) is 0. The molecule has 17 heavy (non-hydrogen) atoms. The van der Waals surface area contributed by atoms with E-state index in [1.807, 2.05) is 12.1 Å². The Kier molecular flexibility index (Phi) is 3.31. The zero-order chi connectivity index (χ0) is 12.4. The summed E-state index contributed by atoms with van der Waals surface area (Å²) < 4.78 is 8.58. The molecule has 0 atom stereocenters. The summed E-state index contributed by atoms with van der Waals surface area (Å²) in [4.78, 5) is 12.1. The first-order valence-electron chi connectivity index (χ1n) is 4.73. The van der Waals surface area contributed by atoms with Crippen LogP contribution in [0.4, 0.5) is 5.69 Å². The number of nitrogens with two attached hydrogens (primary N) is 1. The second-order valence-corrected chi connectivity index (χ2v) is 4.48.